The second-order valence-electron chi connectivity index (χ2n) is 6.98. The third-order valence-corrected chi connectivity index (χ3v) is 5.35. The molecule has 0 aliphatic rings. The Bertz CT molecular complexity index is 402. The Labute approximate surface area is 166 Å². The molecule has 0 spiro atoms. The number of carboxylic acid groups (broad SMARTS) is 1. The van der Waals surface area contributed by atoms with Crippen LogP contribution < -0.4 is 0 Å². The Morgan fingerprint density at radius 1 is 0.963 bits per heavy atom. The average Bonchev–Trinajstić information content (AvgIpc) is 2.62. The van der Waals surface area contributed by atoms with Gasteiger partial charge in [-0.2, -0.15) is 0 Å². The summed E-state index contributed by atoms with van der Waals surface area (Å²) in [6.45, 7) is 13.7. The summed E-state index contributed by atoms with van der Waals surface area (Å²) in [4.78, 5) is 19.4. The maximum absolute atomic E-state index is 11.9. The van der Waals surface area contributed by atoms with Crippen molar-refractivity contribution < 1.29 is 28.4 Å². The first-order valence-corrected chi connectivity index (χ1v) is 11.6. The molecule has 0 fully saturated rings. The van der Waals surface area contributed by atoms with Crippen molar-refractivity contribution in [1.82, 2.24) is 0 Å². The number of phosphoric acid groups is 1. The Balaban J connectivity index is 0. The molecule has 0 radical (unpaired) electrons. The molecule has 2 N–H and O–H groups in total. The number of unbranched alkanes of at least 4 members (excludes halogenated alkanes) is 2. The lowest BCUT2D eigenvalue weighted by atomic mass is 10.0. The second kappa shape index (κ2) is 17.4. The van der Waals surface area contributed by atoms with Gasteiger partial charge in [-0.25, -0.2) is 9.36 Å². The molecule has 0 saturated heterocycles. The molecule has 0 aliphatic carbocycles. The average molecular weight is 409 g/mol. The Morgan fingerprint density at radius 3 is 1.52 bits per heavy atom. The molecule has 7 heteroatoms. The lowest BCUT2D eigenvalue weighted by Gasteiger charge is -2.20. The standard InChI is InChI=1S/C16H35O4P.C4H6O2/c1-5-9-11-15(7-3)13-19-21(17,18)20-14-16(8-4)12-10-6-2;1-3(2)4(5)6/h15-16H,5-14H2,1-4H3,(H,17,18);1H2,2H3,(H,5,6). The van der Waals surface area contributed by atoms with E-state index < -0.39 is 13.8 Å². The molecule has 0 heterocycles. The van der Waals surface area contributed by atoms with Crippen LogP contribution in [0.1, 0.15) is 86.0 Å². The predicted octanol–water partition coefficient (Wildman–Crippen LogP) is 6.20. The summed E-state index contributed by atoms with van der Waals surface area (Å²) in [5.74, 6) is -0.248. The van der Waals surface area contributed by atoms with Crippen LogP contribution in [0.25, 0.3) is 0 Å². The van der Waals surface area contributed by atoms with Crippen molar-refractivity contribution in [2.45, 2.75) is 86.0 Å². The highest BCUT2D eigenvalue weighted by atomic mass is 31.2. The van der Waals surface area contributed by atoms with E-state index in [9.17, 15) is 14.3 Å². The zero-order valence-electron chi connectivity index (χ0n) is 17.9. The second-order valence-corrected chi connectivity index (χ2v) is 8.43. The Kier molecular flexibility index (Phi) is 18.4. The van der Waals surface area contributed by atoms with Gasteiger partial charge in [-0.3, -0.25) is 9.05 Å². The molecule has 0 aromatic rings. The van der Waals surface area contributed by atoms with E-state index in [2.05, 4.69) is 34.3 Å². The molecule has 6 nitrogen and oxygen atoms in total. The van der Waals surface area contributed by atoms with Crippen LogP contribution in [0, 0.1) is 11.8 Å². The molecule has 0 aliphatic heterocycles. The van der Waals surface area contributed by atoms with Gasteiger partial charge in [0.2, 0.25) is 0 Å². The predicted molar refractivity (Wildman–Crippen MR) is 111 cm³/mol. The quantitative estimate of drug-likeness (QED) is 0.247. The van der Waals surface area contributed by atoms with E-state index in [1.807, 2.05) is 0 Å². The third-order valence-electron chi connectivity index (χ3n) is 4.40. The normalized spacial score (nSPS) is 15.2. The molecule has 0 aromatic carbocycles. The zero-order valence-corrected chi connectivity index (χ0v) is 18.8. The smallest absolute Gasteiger partial charge is 0.472 e. The van der Waals surface area contributed by atoms with Gasteiger partial charge >= 0.3 is 13.8 Å². The largest absolute Gasteiger partial charge is 0.478 e. The first kappa shape index (κ1) is 28.5. The lowest BCUT2D eigenvalue weighted by molar-refractivity contribution is -0.132. The van der Waals surface area contributed by atoms with E-state index in [-0.39, 0.29) is 5.57 Å². The van der Waals surface area contributed by atoms with Crippen molar-refractivity contribution in [3.05, 3.63) is 12.2 Å². The summed E-state index contributed by atoms with van der Waals surface area (Å²) >= 11 is 0. The fourth-order valence-corrected chi connectivity index (χ4v) is 3.11. The molecule has 2 atom stereocenters. The minimum atomic E-state index is -3.89. The molecule has 0 rings (SSSR count). The van der Waals surface area contributed by atoms with Gasteiger partial charge in [-0.05, 0) is 31.6 Å². The van der Waals surface area contributed by atoms with Crippen LogP contribution in [0.3, 0.4) is 0 Å². The van der Waals surface area contributed by atoms with E-state index >= 15 is 0 Å². The summed E-state index contributed by atoms with van der Waals surface area (Å²) in [5, 5.41) is 7.89. The van der Waals surface area contributed by atoms with Gasteiger partial charge in [-0.1, -0.05) is 72.8 Å². The van der Waals surface area contributed by atoms with Crippen molar-refractivity contribution in [3.63, 3.8) is 0 Å². The van der Waals surface area contributed by atoms with Crippen LogP contribution in [-0.2, 0) is 18.4 Å². The monoisotopic (exact) mass is 408 g/mol. The minimum Gasteiger partial charge on any atom is -0.478 e. The zero-order chi connectivity index (χ0) is 21.3. The Hall–Kier alpha value is -0.680. The van der Waals surface area contributed by atoms with Crippen LogP contribution >= 0.6 is 7.82 Å². The molecular weight excluding hydrogens is 367 g/mol. The first-order chi connectivity index (χ1) is 12.6. The number of carbonyl (C=O) groups is 1. The highest BCUT2D eigenvalue weighted by Crippen LogP contribution is 2.44. The van der Waals surface area contributed by atoms with Crippen molar-refractivity contribution in [2.75, 3.05) is 13.2 Å². The third kappa shape index (κ3) is 18.4. The summed E-state index contributed by atoms with van der Waals surface area (Å²) in [6.07, 6.45) is 8.56. The maximum atomic E-state index is 11.9. The van der Waals surface area contributed by atoms with Crippen LogP contribution in [0.4, 0.5) is 0 Å². The molecule has 162 valence electrons. The number of rotatable bonds is 15. The van der Waals surface area contributed by atoms with Crippen LogP contribution in [0.5, 0.6) is 0 Å². The Morgan fingerprint density at radius 2 is 1.30 bits per heavy atom. The van der Waals surface area contributed by atoms with Gasteiger partial charge in [-0.15, -0.1) is 0 Å². The topological polar surface area (TPSA) is 93.1 Å². The number of hydrogen-bond donors (Lipinski definition) is 2. The molecule has 0 saturated carbocycles. The fourth-order valence-electron chi connectivity index (χ4n) is 2.23. The lowest BCUT2D eigenvalue weighted by Crippen LogP contribution is -2.12. The molecule has 27 heavy (non-hydrogen) atoms. The van der Waals surface area contributed by atoms with Crippen molar-refractivity contribution in [1.29, 1.82) is 0 Å². The summed E-state index contributed by atoms with van der Waals surface area (Å²) < 4.78 is 22.2. The van der Waals surface area contributed by atoms with E-state index in [0.717, 1.165) is 51.4 Å². The van der Waals surface area contributed by atoms with Gasteiger partial charge in [0.05, 0.1) is 13.2 Å². The van der Waals surface area contributed by atoms with E-state index in [0.29, 0.717) is 25.0 Å². The van der Waals surface area contributed by atoms with Crippen LogP contribution in [0.15, 0.2) is 12.2 Å². The first-order valence-electron chi connectivity index (χ1n) is 10.1. The maximum Gasteiger partial charge on any atom is 0.472 e. The van der Waals surface area contributed by atoms with Gasteiger partial charge < -0.3 is 10.00 Å². The number of carboxylic acids is 1. The molecule has 2 unspecified atom stereocenters. The van der Waals surface area contributed by atoms with Crippen LogP contribution in [0.2, 0.25) is 0 Å². The van der Waals surface area contributed by atoms with Crippen LogP contribution in [-0.4, -0.2) is 29.2 Å². The van der Waals surface area contributed by atoms with E-state index in [1.54, 1.807) is 0 Å². The van der Waals surface area contributed by atoms with Crippen molar-refractivity contribution in [3.8, 4) is 0 Å². The molecular formula is C20H41O6P. The summed E-state index contributed by atoms with van der Waals surface area (Å²) in [5.41, 5.74) is 0.176. The van der Waals surface area contributed by atoms with Gasteiger partial charge in [0.15, 0.2) is 0 Å². The SMILES string of the molecule is C=C(C)C(=O)O.CCCCC(CC)COP(=O)(O)OCC(CC)CCCC. The highest BCUT2D eigenvalue weighted by Gasteiger charge is 2.24. The summed E-state index contributed by atoms with van der Waals surface area (Å²) in [6, 6.07) is 0. The fraction of sp³-hybridized carbons (Fsp3) is 0.850. The number of phosphoric ester groups is 1. The number of aliphatic carboxylic acids is 1. The number of hydrogen-bond acceptors (Lipinski definition) is 4. The molecule has 0 amide bonds. The van der Waals surface area contributed by atoms with Gasteiger partial charge in [0.25, 0.3) is 0 Å². The molecule has 0 aromatic heterocycles. The minimum absolute atomic E-state index is 0.176. The summed E-state index contributed by atoms with van der Waals surface area (Å²) in [7, 11) is -3.89. The van der Waals surface area contributed by atoms with Gasteiger partial charge in [0, 0.05) is 5.57 Å². The highest BCUT2D eigenvalue weighted by molar-refractivity contribution is 7.47. The molecule has 0 bridgehead atoms. The van der Waals surface area contributed by atoms with Gasteiger partial charge in [0.1, 0.15) is 0 Å². The van der Waals surface area contributed by atoms with E-state index in [4.69, 9.17) is 14.2 Å². The van der Waals surface area contributed by atoms with E-state index in [1.165, 1.54) is 6.92 Å². The van der Waals surface area contributed by atoms with Crippen molar-refractivity contribution >= 4 is 13.8 Å². The van der Waals surface area contributed by atoms with Crippen molar-refractivity contribution in [2.24, 2.45) is 11.8 Å².